The lowest BCUT2D eigenvalue weighted by Crippen LogP contribution is -1.99. The number of aromatic nitrogens is 2. The third-order valence-corrected chi connectivity index (χ3v) is 3.91. The molecular formula is C14H13FN2O2S. The van der Waals surface area contributed by atoms with Crippen LogP contribution in [0.2, 0.25) is 0 Å². The zero-order valence-corrected chi connectivity index (χ0v) is 12.1. The highest BCUT2D eigenvalue weighted by atomic mass is 32.2. The largest absolute Gasteiger partial charge is 0.478 e. The molecule has 1 aromatic heterocycles. The normalized spacial score (nSPS) is 10.6. The van der Waals surface area contributed by atoms with E-state index >= 15 is 0 Å². The summed E-state index contributed by atoms with van der Waals surface area (Å²) in [6.45, 7) is 5.68. The van der Waals surface area contributed by atoms with E-state index < -0.39 is 11.8 Å². The van der Waals surface area contributed by atoms with Crippen molar-refractivity contribution < 1.29 is 14.3 Å². The van der Waals surface area contributed by atoms with E-state index in [2.05, 4.69) is 9.97 Å². The first kappa shape index (κ1) is 14.5. The van der Waals surface area contributed by atoms with Crippen LogP contribution < -0.4 is 0 Å². The fourth-order valence-electron chi connectivity index (χ4n) is 1.60. The molecule has 2 rings (SSSR count). The van der Waals surface area contributed by atoms with Gasteiger partial charge in [-0.1, -0.05) is 0 Å². The molecule has 0 spiro atoms. The Bertz CT molecular complexity index is 666. The summed E-state index contributed by atoms with van der Waals surface area (Å²) < 4.78 is 13.8. The topological polar surface area (TPSA) is 63.1 Å². The standard InChI is InChI=1S/C14H13FN2O2S/c1-7-8(2)16-14(17-9(7)3)20-12-5-4-10(13(18)19)6-11(12)15/h4-6H,1-3H3,(H,18,19). The van der Waals surface area contributed by atoms with Crippen LogP contribution in [0.4, 0.5) is 4.39 Å². The van der Waals surface area contributed by atoms with Gasteiger partial charge in [0.1, 0.15) is 5.82 Å². The van der Waals surface area contributed by atoms with E-state index in [0.717, 1.165) is 34.8 Å². The Labute approximate surface area is 120 Å². The molecule has 2 aromatic rings. The van der Waals surface area contributed by atoms with E-state index in [1.165, 1.54) is 12.1 Å². The third-order valence-electron chi connectivity index (χ3n) is 2.99. The van der Waals surface area contributed by atoms with Gasteiger partial charge in [0.05, 0.1) is 10.5 Å². The third kappa shape index (κ3) is 2.96. The van der Waals surface area contributed by atoms with Crippen molar-refractivity contribution >= 4 is 17.7 Å². The molecule has 0 aliphatic carbocycles. The Kier molecular flexibility index (Phi) is 4.04. The fourth-order valence-corrected chi connectivity index (χ4v) is 2.46. The van der Waals surface area contributed by atoms with Gasteiger partial charge in [-0.05, 0) is 56.3 Å². The van der Waals surface area contributed by atoms with Gasteiger partial charge in [-0.2, -0.15) is 0 Å². The van der Waals surface area contributed by atoms with Gasteiger partial charge in [0.2, 0.25) is 0 Å². The number of benzene rings is 1. The van der Waals surface area contributed by atoms with Crippen molar-refractivity contribution in [2.45, 2.75) is 30.8 Å². The molecule has 0 saturated carbocycles. The first-order valence-electron chi connectivity index (χ1n) is 5.91. The molecule has 0 saturated heterocycles. The van der Waals surface area contributed by atoms with Crippen molar-refractivity contribution in [2.75, 3.05) is 0 Å². The van der Waals surface area contributed by atoms with Crippen LogP contribution in [0.25, 0.3) is 0 Å². The quantitative estimate of drug-likeness (QED) is 0.878. The summed E-state index contributed by atoms with van der Waals surface area (Å²) in [5, 5.41) is 9.25. The van der Waals surface area contributed by atoms with Gasteiger partial charge in [0.15, 0.2) is 5.16 Å². The van der Waals surface area contributed by atoms with Gasteiger partial charge in [-0.3, -0.25) is 0 Å². The number of aryl methyl sites for hydroxylation is 2. The van der Waals surface area contributed by atoms with Crippen LogP contribution in [0.5, 0.6) is 0 Å². The lowest BCUT2D eigenvalue weighted by atomic mass is 10.2. The molecule has 0 aliphatic heterocycles. The molecule has 0 atom stereocenters. The molecule has 0 radical (unpaired) electrons. The molecule has 1 heterocycles. The lowest BCUT2D eigenvalue weighted by molar-refractivity contribution is 0.0696. The summed E-state index contributed by atoms with van der Waals surface area (Å²) in [6, 6.07) is 3.79. The summed E-state index contributed by atoms with van der Waals surface area (Å²) in [5.41, 5.74) is 2.63. The van der Waals surface area contributed by atoms with Gasteiger partial charge in [0.25, 0.3) is 0 Å². The highest BCUT2D eigenvalue weighted by Gasteiger charge is 2.12. The summed E-state index contributed by atoms with van der Waals surface area (Å²) >= 11 is 1.08. The maximum absolute atomic E-state index is 13.8. The number of aromatic carboxylic acids is 1. The zero-order chi connectivity index (χ0) is 14.9. The average molecular weight is 292 g/mol. The summed E-state index contributed by atoms with van der Waals surface area (Å²) in [4.78, 5) is 19.6. The molecule has 0 aliphatic rings. The van der Waals surface area contributed by atoms with E-state index in [0.29, 0.717) is 10.1 Å². The highest BCUT2D eigenvalue weighted by Crippen LogP contribution is 2.28. The Morgan fingerprint density at radius 2 is 1.80 bits per heavy atom. The molecule has 4 nitrogen and oxygen atoms in total. The zero-order valence-electron chi connectivity index (χ0n) is 11.3. The fraction of sp³-hybridized carbons (Fsp3) is 0.214. The van der Waals surface area contributed by atoms with Crippen LogP contribution in [-0.4, -0.2) is 21.0 Å². The second kappa shape index (κ2) is 5.58. The Morgan fingerprint density at radius 3 is 2.30 bits per heavy atom. The highest BCUT2D eigenvalue weighted by molar-refractivity contribution is 7.99. The van der Waals surface area contributed by atoms with E-state index in [1.807, 2.05) is 20.8 Å². The second-order valence-corrected chi connectivity index (χ2v) is 5.36. The molecule has 0 unspecified atom stereocenters. The molecule has 0 amide bonds. The minimum atomic E-state index is -1.15. The Morgan fingerprint density at radius 1 is 1.20 bits per heavy atom. The molecule has 1 N–H and O–H groups in total. The summed E-state index contributed by atoms with van der Waals surface area (Å²) in [5.74, 6) is -1.74. The van der Waals surface area contributed by atoms with Crippen LogP contribution in [-0.2, 0) is 0 Å². The number of carboxylic acids is 1. The summed E-state index contributed by atoms with van der Waals surface area (Å²) in [6.07, 6.45) is 0. The van der Waals surface area contributed by atoms with E-state index in [9.17, 15) is 9.18 Å². The molecule has 6 heteroatoms. The Balaban J connectivity index is 2.33. The molecule has 1 aromatic carbocycles. The van der Waals surface area contributed by atoms with Crippen molar-refractivity contribution in [1.29, 1.82) is 0 Å². The monoisotopic (exact) mass is 292 g/mol. The number of carbonyl (C=O) groups is 1. The smallest absolute Gasteiger partial charge is 0.335 e. The van der Waals surface area contributed by atoms with Crippen molar-refractivity contribution in [1.82, 2.24) is 9.97 Å². The average Bonchev–Trinajstić information content (AvgIpc) is 2.38. The molecule has 104 valence electrons. The molecule has 0 fully saturated rings. The first-order valence-corrected chi connectivity index (χ1v) is 6.72. The maximum atomic E-state index is 13.8. The van der Waals surface area contributed by atoms with Crippen molar-refractivity contribution in [2.24, 2.45) is 0 Å². The van der Waals surface area contributed by atoms with Crippen LogP contribution in [0.15, 0.2) is 28.3 Å². The van der Waals surface area contributed by atoms with Gasteiger partial charge >= 0.3 is 5.97 Å². The van der Waals surface area contributed by atoms with Crippen molar-refractivity contribution in [3.63, 3.8) is 0 Å². The number of carboxylic acid groups (broad SMARTS) is 1. The molecular weight excluding hydrogens is 279 g/mol. The predicted octanol–water partition coefficient (Wildman–Crippen LogP) is 3.39. The van der Waals surface area contributed by atoms with Gasteiger partial charge in [-0.25, -0.2) is 19.2 Å². The number of hydrogen-bond donors (Lipinski definition) is 1. The number of hydrogen-bond acceptors (Lipinski definition) is 4. The van der Waals surface area contributed by atoms with Crippen LogP contribution in [0, 0.1) is 26.6 Å². The minimum absolute atomic E-state index is 0.0796. The summed E-state index contributed by atoms with van der Waals surface area (Å²) in [7, 11) is 0. The van der Waals surface area contributed by atoms with Gasteiger partial charge in [-0.15, -0.1) is 0 Å². The van der Waals surface area contributed by atoms with E-state index in [1.54, 1.807) is 0 Å². The minimum Gasteiger partial charge on any atom is -0.478 e. The van der Waals surface area contributed by atoms with E-state index in [-0.39, 0.29) is 5.56 Å². The van der Waals surface area contributed by atoms with Crippen LogP contribution >= 0.6 is 11.8 Å². The van der Waals surface area contributed by atoms with E-state index in [4.69, 9.17) is 5.11 Å². The van der Waals surface area contributed by atoms with Crippen molar-refractivity contribution in [3.8, 4) is 0 Å². The number of nitrogens with zero attached hydrogens (tertiary/aromatic N) is 2. The van der Waals surface area contributed by atoms with Crippen molar-refractivity contribution in [3.05, 3.63) is 46.5 Å². The van der Waals surface area contributed by atoms with Crippen LogP contribution in [0.1, 0.15) is 27.3 Å². The SMILES string of the molecule is Cc1nc(Sc2ccc(C(=O)O)cc2F)nc(C)c1C. The van der Waals surface area contributed by atoms with Gasteiger partial charge in [0, 0.05) is 11.4 Å². The van der Waals surface area contributed by atoms with Crippen LogP contribution in [0.3, 0.4) is 0 Å². The molecule has 0 bridgehead atoms. The lowest BCUT2D eigenvalue weighted by Gasteiger charge is -2.07. The first-order chi connectivity index (χ1) is 9.38. The number of halogens is 1. The maximum Gasteiger partial charge on any atom is 0.335 e. The van der Waals surface area contributed by atoms with Gasteiger partial charge < -0.3 is 5.11 Å². The molecule has 20 heavy (non-hydrogen) atoms. The second-order valence-electron chi connectivity index (χ2n) is 4.35. The predicted molar refractivity (Wildman–Crippen MR) is 73.7 cm³/mol. The Hall–Kier alpha value is -1.95. The number of rotatable bonds is 3.